The number of hydrogen-bond donors (Lipinski definition) is 1. The number of piperazine rings is 1. The number of carbonyl (C=O) groups excluding carboxylic acids is 2. The molecular weight excluding hydrogens is 252 g/mol. The van der Waals surface area contributed by atoms with Crippen LogP contribution in [0.2, 0.25) is 0 Å². The predicted molar refractivity (Wildman–Crippen MR) is 75.8 cm³/mol. The molecule has 106 valence electrons. The maximum Gasteiger partial charge on any atom is 0.253 e. The average molecular weight is 272 g/mol. The summed E-state index contributed by atoms with van der Waals surface area (Å²) in [4.78, 5) is 26.7. The van der Waals surface area contributed by atoms with E-state index in [0.717, 1.165) is 18.4 Å². The lowest BCUT2D eigenvalue weighted by atomic mass is 9.87. The molecule has 1 saturated heterocycles. The quantitative estimate of drug-likeness (QED) is 0.909. The molecule has 0 radical (unpaired) electrons. The van der Waals surface area contributed by atoms with Crippen molar-refractivity contribution < 1.29 is 9.59 Å². The third kappa shape index (κ3) is 2.09. The molecule has 1 aliphatic carbocycles. The van der Waals surface area contributed by atoms with Crippen LogP contribution in [0.3, 0.4) is 0 Å². The number of nitrogens with one attached hydrogen (secondary N) is 1. The molecule has 20 heavy (non-hydrogen) atoms. The summed E-state index contributed by atoms with van der Waals surface area (Å²) in [7, 11) is 0. The van der Waals surface area contributed by atoms with E-state index in [9.17, 15) is 9.59 Å². The Morgan fingerprint density at radius 3 is 2.50 bits per heavy atom. The van der Waals surface area contributed by atoms with E-state index in [-0.39, 0.29) is 24.4 Å². The molecule has 0 bridgehead atoms. The van der Waals surface area contributed by atoms with Crippen LogP contribution >= 0.6 is 0 Å². The normalized spacial score (nSPS) is 28.2. The Hall–Kier alpha value is -1.84. The highest BCUT2D eigenvalue weighted by Gasteiger charge is 2.47. The summed E-state index contributed by atoms with van der Waals surface area (Å²) in [6, 6.07) is 9.63. The number of rotatable bonds is 3. The van der Waals surface area contributed by atoms with Crippen LogP contribution in [0.25, 0.3) is 0 Å². The predicted octanol–water partition coefficient (Wildman–Crippen LogP) is 1.66. The van der Waals surface area contributed by atoms with Crippen molar-refractivity contribution in [2.24, 2.45) is 5.92 Å². The molecule has 4 nitrogen and oxygen atoms in total. The third-order valence-corrected chi connectivity index (χ3v) is 4.54. The van der Waals surface area contributed by atoms with Crippen LogP contribution in [-0.4, -0.2) is 29.3 Å². The van der Waals surface area contributed by atoms with Gasteiger partial charge in [-0.2, -0.15) is 0 Å². The van der Waals surface area contributed by atoms with Gasteiger partial charge in [0.2, 0.25) is 5.91 Å². The van der Waals surface area contributed by atoms with Crippen LogP contribution in [-0.2, 0) is 15.1 Å². The van der Waals surface area contributed by atoms with Crippen molar-refractivity contribution in [1.82, 2.24) is 10.2 Å². The zero-order valence-electron chi connectivity index (χ0n) is 11.9. The highest BCUT2D eigenvalue weighted by Crippen LogP contribution is 2.37. The summed E-state index contributed by atoms with van der Waals surface area (Å²) in [5.41, 5.74) is -0.106. The van der Waals surface area contributed by atoms with Crippen LogP contribution in [0.4, 0.5) is 0 Å². The van der Waals surface area contributed by atoms with Gasteiger partial charge < -0.3 is 10.2 Å². The molecule has 3 rings (SSSR count). The second-order valence-electron chi connectivity index (χ2n) is 6.05. The van der Waals surface area contributed by atoms with Crippen molar-refractivity contribution >= 4 is 11.8 Å². The van der Waals surface area contributed by atoms with Crippen molar-refractivity contribution in [3.05, 3.63) is 35.9 Å². The summed E-state index contributed by atoms with van der Waals surface area (Å²) < 4.78 is 0. The zero-order chi connectivity index (χ0) is 14.3. The van der Waals surface area contributed by atoms with Gasteiger partial charge in [0.05, 0.1) is 6.54 Å². The Labute approximate surface area is 119 Å². The van der Waals surface area contributed by atoms with E-state index in [1.807, 2.05) is 30.3 Å². The van der Waals surface area contributed by atoms with E-state index >= 15 is 0 Å². The number of amides is 2. The molecule has 4 heteroatoms. The van der Waals surface area contributed by atoms with E-state index in [2.05, 4.69) is 12.2 Å². The van der Waals surface area contributed by atoms with Gasteiger partial charge in [-0.25, -0.2) is 0 Å². The van der Waals surface area contributed by atoms with Gasteiger partial charge in [0.15, 0.2) is 0 Å². The van der Waals surface area contributed by atoms with Crippen molar-refractivity contribution in [2.45, 2.75) is 38.3 Å². The second kappa shape index (κ2) is 4.62. The molecule has 2 atom stereocenters. The minimum Gasteiger partial charge on any atom is -0.337 e. The number of hydrogen-bond acceptors (Lipinski definition) is 2. The first-order valence-electron chi connectivity index (χ1n) is 7.20. The molecule has 2 amide bonds. The molecule has 1 saturated carbocycles. The molecule has 1 aromatic rings. The molecule has 1 aromatic carbocycles. The molecule has 0 aromatic heterocycles. The number of benzene rings is 1. The Morgan fingerprint density at radius 2 is 1.90 bits per heavy atom. The van der Waals surface area contributed by atoms with Crippen molar-refractivity contribution in [2.75, 3.05) is 6.54 Å². The Bertz CT molecular complexity index is 539. The Balaban J connectivity index is 1.94. The fourth-order valence-corrected chi connectivity index (χ4v) is 3.01. The van der Waals surface area contributed by atoms with Gasteiger partial charge in [-0.3, -0.25) is 9.59 Å². The van der Waals surface area contributed by atoms with Crippen molar-refractivity contribution in [3.8, 4) is 0 Å². The highest BCUT2D eigenvalue weighted by molar-refractivity contribution is 5.98. The zero-order valence-corrected chi connectivity index (χ0v) is 11.9. The van der Waals surface area contributed by atoms with Crippen LogP contribution in [0.15, 0.2) is 30.3 Å². The third-order valence-electron chi connectivity index (χ3n) is 4.54. The largest absolute Gasteiger partial charge is 0.337 e. The Kier molecular flexibility index (Phi) is 3.04. The minimum absolute atomic E-state index is 0.00250. The molecular formula is C16H20N2O2. The lowest BCUT2D eigenvalue weighted by Gasteiger charge is -2.42. The summed E-state index contributed by atoms with van der Waals surface area (Å²) in [6.45, 7) is 4.03. The van der Waals surface area contributed by atoms with Gasteiger partial charge in [-0.15, -0.1) is 0 Å². The van der Waals surface area contributed by atoms with E-state index in [0.29, 0.717) is 5.92 Å². The summed E-state index contributed by atoms with van der Waals surface area (Å²) in [5.74, 6) is 0.482. The van der Waals surface area contributed by atoms with Crippen molar-refractivity contribution in [1.29, 1.82) is 0 Å². The number of nitrogens with zero attached hydrogens (tertiary/aromatic N) is 1. The fraction of sp³-hybridized carbons (Fsp3) is 0.500. The van der Waals surface area contributed by atoms with E-state index in [4.69, 9.17) is 0 Å². The molecule has 2 unspecified atom stereocenters. The maximum absolute atomic E-state index is 12.9. The summed E-state index contributed by atoms with van der Waals surface area (Å²) in [6.07, 6.45) is 2.32. The first kappa shape index (κ1) is 13.2. The molecule has 1 N–H and O–H groups in total. The SMILES string of the molecule is CC(C1CC1)N1CC(=O)NC(C)(c2ccccc2)C1=O. The lowest BCUT2D eigenvalue weighted by molar-refractivity contribution is -0.152. The second-order valence-corrected chi connectivity index (χ2v) is 6.05. The standard InChI is InChI=1S/C16H20N2O2/c1-11(12-8-9-12)18-10-14(19)17-16(2,15(18)20)13-6-4-3-5-7-13/h3-7,11-12H,8-10H2,1-2H3,(H,17,19). The van der Waals surface area contributed by atoms with E-state index in [1.54, 1.807) is 11.8 Å². The molecule has 2 fully saturated rings. The van der Waals surface area contributed by atoms with Gasteiger partial charge in [0, 0.05) is 6.04 Å². The average Bonchev–Trinajstić information content (AvgIpc) is 3.27. The van der Waals surface area contributed by atoms with Crippen LogP contribution in [0.1, 0.15) is 32.3 Å². The van der Waals surface area contributed by atoms with Crippen molar-refractivity contribution in [3.63, 3.8) is 0 Å². The van der Waals surface area contributed by atoms with Crippen LogP contribution in [0, 0.1) is 5.92 Å². The smallest absolute Gasteiger partial charge is 0.253 e. The monoisotopic (exact) mass is 272 g/mol. The van der Waals surface area contributed by atoms with E-state index < -0.39 is 5.54 Å². The first-order chi connectivity index (χ1) is 9.52. The molecule has 1 aliphatic heterocycles. The maximum atomic E-state index is 12.9. The van der Waals surface area contributed by atoms with Crippen LogP contribution < -0.4 is 5.32 Å². The molecule has 0 spiro atoms. The van der Waals surface area contributed by atoms with Gasteiger partial charge in [0.25, 0.3) is 5.91 Å². The molecule has 2 aliphatic rings. The van der Waals surface area contributed by atoms with Gasteiger partial charge in [0.1, 0.15) is 5.54 Å². The molecule has 1 heterocycles. The van der Waals surface area contributed by atoms with Gasteiger partial charge in [-0.1, -0.05) is 30.3 Å². The van der Waals surface area contributed by atoms with Crippen LogP contribution in [0.5, 0.6) is 0 Å². The number of carbonyl (C=O) groups is 2. The lowest BCUT2D eigenvalue weighted by Crippen LogP contribution is -2.65. The summed E-state index contributed by atoms with van der Waals surface area (Å²) >= 11 is 0. The fourth-order valence-electron chi connectivity index (χ4n) is 3.01. The van der Waals surface area contributed by atoms with E-state index in [1.165, 1.54) is 0 Å². The highest BCUT2D eigenvalue weighted by atomic mass is 16.2. The topological polar surface area (TPSA) is 49.4 Å². The first-order valence-corrected chi connectivity index (χ1v) is 7.20. The minimum atomic E-state index is -0.945. The van der Waals surface area contributed by atoms with Gasteiger partial charge in [-0.05, 0) is 38.2 Å². The van der Waals surface area contributed by atoms with Gasteiger partial charge >= 0.3 is 0 Å². The Morgan fingerprint density at radius 1 is 1.25 bits per heavy atom. The summed E-state index contributed by atoms with van der Waals surface area (Å²) in [5, 5.41) is 2.87.